The number of halogens is 3. The summed E-state index contributed by atoms with van der Waals surface area (Å²) in [4.78, 5) is 24.5. The van der Waals surface area contributed by atoms with Gasteiger partial charge in [-0.2, -0.15) is 13.2 Å². The lowest BCUT2D eigenvalue weighted by atomic mass is 10.0. The lowest BCUT2D eigenvalue weighted by Gasteiger charge is -2.13. The molecule has 0 radical (unpaired) electrons. The Bertz CT molecular complexity index is 1050. The second kappa shape index (κ2) is 6.90. The number of benzene rings is 2. The van der Waals surface area contributed by atoms with Crippen LogP contribution in [0.1, 0.15) is 19.6 Å². The molecule has 4 nitrogen and oxygen atoms in total. The maximum absolute atomic E-state index is 13.5. The molecule has 27 heavy (non-hydrogen) atoms. The summed E-state index contributed by atoms with van der Waals surface area (Å²) >= 11 is 0. The molecule has 0 N–H and O–H groups in total. The predicted octanol–water partition coefficient (Wildman–Crippen LogP) is 5.04. The molecule has 0 atom stereocenters. The van der Waals surface area contributed by atoms with E-state index in [0.717, 1.165) is 6.07 Å². The molecule has 0 spiro atoms. The van der Waals surface area contributed by atoms with Crippen molar-refractivity contribution in [3.05, 3.63) is 64.5 Å². The average Bonchev–Trinajstić information content (AvgIpc) is 2.61. The second-order valence-corrected chi connectivity index (χ2v) is 6.23. The van der Waals surface area contributed by atoms with Crippen molar-refractivity contribution in [1.29, 1.82) is 0 Å². The van der Waals surface area contributed by atoms with E-state index in [1.54, 1.807) is 19.9 Å². The highest BCUT2D eigenvalue weighted by molar-refractivity contribution is 5.85. The van der Waals surface area contributed by atoms with Gasteiger partial charge in [-0.15, -0.1) is 0 Å². The van der Waals surface area contributed by atoms with Crippen molar-refractivity contribution in [2.45, 2.75) is 20.0 Å². The van der Waals surface area contributed by atoms with Gasteiger partial charge in [0.05, 0.1) is 16.9 Å². The molecule has 1 aromatic heterocycles. The maximum Gasteiger partial charge on any atom is 0.450 e. The monoisotopic (exact) mass is 376 g/mol. The summed E-state index contributed by atoms with van der Waals surface area (Å²) in [5.41, 5.74) is -1.56. The van der Waals surface area contributed by atoms with Gasteiger partial charge >= 0.3 is 12.1 Å². The Labute approximate surface area is 152 Å². The molecule has 7 heteroatoms. The molecule has 2 aromatic carbocycles. The van der Waals surface area contributed by atoms with E-state index in [2.05, 4.69) is 0 Å². The van der Waals surface area contributed by atoms with E-state index in [0.29, 0.717) is 0 Å². The number of carbonyl (C=O) groups excluding carboxylic acids is 1. The van der Waals surface area contributed by atoms with Crippen molar-refractivity contribution in [1.82, 2.24) is 0 Å². The van der Waals surface area contributed by atoms with E-state index in [-0.39, 0.29) is 22.3 Å². The van der Waals surface area contributed by atoms with Crippen LogP contribution >= 0.6 is 0 Å². The van der Waals surface area contributed by atoms with Gasteiger partial charge in [-0.05, 0) is 17.7 Å². The van der Waals surface area contributed by atoms with Crippen molar-refractivity contribution >= 4 is 16.9 Å². The van der Waals surface area contributed by atoms with Gasteiger partial charge in [-0.1, -0.05) is 44.2 Å². The first-order chi connectivity index (χ1) is 12.7. The third kappa shape index (κ3) is 3.72. The van der Waals surface area contributed by atoms with Gasteiger partial charge < -0.3 is 9.15 Å². The number of alkyl halides is 3. The van der Waals surface area contributed by atoms with Gasteiger partial charge in [0, 0.05) is 6.07 Å². The van der Waals surface area contributed by atoms with Gasteiger partial charge in [0.2, 0.25) is 11.2 Å². The third-order valence-electron chi connectivity index (χ3n) is 3.87. The van der Waals surface area contributed by atoms with Crippen LogP contribution in [0.25, 0.3) is 22.1 Å². The summed E-state index contributed by atoms with van der Waals surface area (Å²) in [6, 6.07) is 11.3. The van der Waals surface area contributed by atoms with E-state index in [1.807, 2.05) is 0 Å². The molecule has 0 saturated carbocycles. The fourth-order valence-electron chi connectivity index (χ4n) is 2.54. The number of carbonyl (C=O) groups is 1. The smallest absolute Gasteiger partial charge is 0.450 e. The topological polar surface area (TPSA) is 56.5 Å². The third-order valence-corrected chi connectivity index (χ3v) is 3.87. The summed E-state index contributed by atoms with van der Waals surface area (Å²) in [6.45, 7) is 3.24. The first-order valence-corrected chi connectivity index (χ1v) is 8.13. The fourth-order valence-corrected chi connectivity index (χ4v) is 2.54. The zero-order valence-corrected chi connectivity index (χ0v) is 14.5. The summed E-state index contributed by atoms with van der Waals surface area (Å²) in [5, 5.41) is -0.0359. The summed E-state index contributed by atoms with van der Waals surface area (Å²) in [5.74, 6) is -2.35. The molecule has 0 aliphatic rings. The Kier molecular flexibility index (Phi) is 4.78. The molecular weight excluding hydrogens is 361 g/mol. The molecule has 140 valence electrons. The minimum Gasteiger partial charge on any atom is -0.450 e. The van der Waals surface area contributed by atoms with E-state index >= 15 is 0 Å². The van der Waals surface area contributed by atoms with Gasteiger partial charge in [-0.25, -0.2) is 0 Å². The normalized spacial score (nSPS) is 11.8. The highest BCUT2D eigenvalue weighted by Gasteiger charge is 2.39. The molecule has 3 rings (SSSR count). The average molecular weight is 376 g/mol. The molecule has 0 saturated heterocycles. The van der Waals surface area contributed by atoms with Crippen molar-refractivity contribution in [2.24, 2.45) is 5.92 Å². The first kappa shape index (κ1) is 18.7. The zero-order chi connectivity index (χ0) is 19.8. The maximum atomic E-state index is 13.5. The number of hydrogen-bond acceptors (Lipinski definition) is 4. The molecular formula is C20H15F3O4. The lowest BCUT2D eigenvalue weighted by Crippen LogP contribution is -2.17. The van der Waals surface area contributed by atoms with Gasteiger partial charge in [0.1, 0.15) is 11.3 Å². The van der Waals surface area contributed by atoms with Crippen molar-refractivity contribution < 1.29 is 27.1 Å². The van der Waals surface area contributed by atoms with Crippen LogP contribution in [-0.4, -0.2) is 5.97 Å². The Morgan fingerprint density at radius 1 is 1.07 bits per heavy atom. The highest BCUT2D eigenvalue weighted by Crippen LogP contribution is 2.37. The van der Waals surface area contributed by atoms with Crippen LogP contribution in [0.4, 0.5) is 13.2 Å². The number of rotatable bonds is 3. The van der Waals surface area contributed by atoms with E-state index in [4.69, 9.17) is 9.15 Å². The standard InChI is InChI=1S/C20H15F3O4/c1-11(2)19(25)26-13-8-9-14-15(10-13)27-18(20(21,22)23)16(17(14)24)12-6-4-3-5-7-12/h3-11H,1-2H3. The summed E-state index contributed by atoms with van der Waals surface area (Å²) < 4.78 is 50.8. The Hall–Kier alpha value is -3.09. The number of hydrogen-bond donors (Lipinski definition) is 0. The van der Waals surface area contributed by atoms with Crippen LogP contribution in [0.5, 0.6) is 5.75 Å². The minimum atomic E-state index is -4.87. The lowest BCUT2D eigenvalue weighted by molar-refractivity contribution is -0.152. The van der Waals surface area contributed by atoms with Crippen molar-refractivity contribution in [3.63, 3.8) is 0 Å². The van der Waals surface area contributed by atoms with Crippen LogP contribution in [0.15, 0.2) is 57.7 Å². The molecule has 0 fully saturated rings. The molecule has 0 bridgehead atoms. The largest absolute Gasteiger partial charge is 0.450 e. The fraction of sp³-hybridized carbons (Fsp3) is 0.200. The molecule has 0 aliphatic carbocycles. The first-order valence-electron chi connectivity index (χ1n) is 8.13. The van der Waals surface area contributed by atoms with E-state index in [1.165, 1.54) is 36.4 Å². The van der Waals surface area contributed by atoms with Gasteiger partial charge in [0.25, 0.3) is 0 Å². The van der Waals surface area contributed by atoms with Gasteiger partial charge in [-0.3, -0.25) is 9.59 Å². The Balaban J connectivity index is 2.24. The molecule has 0 amide bonds. The molecule has 1 heterocycles. The van der Waals surface area contributed by atoms with E-state index in [9.17, 15) is 22.8 Å². The molecule has 0 unspecified atom stereocenters. The van der Waals surface area contributed by atoms with Crippen LogP contribution in [-0.2, 0) is 11.0 Å². The Morgan fingerprint density at radius 2 is 1.74 bits per heavy atom. The summed E-state index contributed by atoms with van der Waals surface area (Å²) in [7, 11) is 0. The van der Waals surface area contributed by atoms with Crippen LogP contribution in [0.2, 0.25) is 0 Å². The number of fused-ring (bicyclic) bond motifs is 1. The molecule has 3 aromatic rings. The van der Waals surface area contributed by atoms with Gasteiger partial charge in [0.15, 0.2) is 0 Å². The van der Waals surface area contributed by atoms with Crippen molar-refractivity contribution in [3.8, 4) is 16.9 Å². The highest BCUT2D eigenvalue weighted by atomic mass is 19.4. The quantitative estimate of drug-likeness (QED) is 0.475. The molecule has 0 aliphatic heterocycles. The van der Waals surface area contributed by atoms with Crippen molar-refractivity contribution in [2.75, 3.05) is 0 Å². The summed E-state index contributed by atoms with van der Waals surface area (Å²) in [6.07, 6.45) is -4.87. The van der Waals surface area contributed by atoms with E-state index < -0.39 is 34.8 Å². The number of esters is 1. The van der Waals surface area contributed by atoms with Crippen LogP contribution < -0.4 is 10.2 Å². The second-order valence-electron chi connectivity index (χ2n) is 6.23. The zero-order valence-electron chi connectivity index (χ0n) is 14.5. The number of ether oxygens (including phenoxy) is 1. The van der Waals surface area contributed by atoms with Crippen LogP contribution in [0.3, 0.4) is 0 Å². The Morgan fingerprint density at radius 3 is 2.33 bits per heavy atom. The minimum absolute atomic E-state index is 0.00457. The van der Waals surface area contributed by atoms with Crippen LogP contribution in [0, 0.1) is 5.92 Å². The predicted molar refractivity (Wildman–Crippen MR) is 93.4 cm³/mol. The SMILES string of the molecule is CC(C)C(=O)Oc1ccc2c(=O)c(-c3ccccc3)c(C(F)(F)F)oc2c1.